The van der Waals surface area contributed by atoms with Gasteiger partial charge in [0, 0.05) is 5.69 Å². The average molecular weight is 213 g/mol. The summed E-state index contributed by atoms with van der Waals surface area (Å²) in [7, 11) is 0. The molecule has 1 aromatic carbocycles. The van der Waals surface area contributed by atoms with E-state index in [1.165, 1.54) is 11.3 Å². The molecule has 2 rings (SSSR count). The van der Waals surface area contributed by atoms with Crippen LogP contribution in [0.15, 0.2) is 30.3 Å². The van der Waals surface area contributed by atoms with Gasteiger partial charge in [-0.1, -0.05) is 37.3 Å². The molecule has 2 aromatic rings. The highest BCUT2D eigenvalue weighted by molar-refractivity contribution is 5.22. The van der Waals surface area contributed by atoms with E-state index in [0.717, 1.165) is 12.1 Å². The Kier molecular flexibility index (Phi) is 3.09. The molecule has 2 nitrogen and oxygen atoms in total. The number of nitrogens with zero attached hydrogens (tertiary/aromatic N) is 2. The summed E-state index contributed by atoms with van der Waals surface area (Å²) in [5, 5.41) is 0. The minimum absolute atomic E-state index is 0.349. The van der Waals surface area contributed by atoms with Gasteiger partial charge in [0.25, 0.3) is 0 Å². The summed E-state index contributed by atoms with van der Waals surface area (Å²) < 4.78 is 2.14. The predicted octanol–water partition coefficient (Wildman–Crippen LogP) is 3.30. The Hall–Kier alpha value is -1.57. The summed E-state index contributed by atoms with van der Waals surface area (Å²) in [6, 6.07) is 10.9. The zero-order chi connectivity index (χ0) is 11.5. The smallest absolute Gasteiger partial charge is 0.177 e. The third-order valence-corrected chi connectivity index (χ3v) is 3.09. The molecule has 2 heteroatoms. The lowest BCUT2D eigenvalue weighted by atomic mass is 10.0. The molecule has 0 bridgehead atoms. The number of imidazole rings is 1. The quantitative estimate of drug-likeness (QED) is 0.765. The Bertz CT molecular complexity index is 457. The van der Waals surface area contributed by atoms with Crippen LogP contribution in [0.3, 0.4) is 0 Å². The van der Waals surface area contributed by atoms with E-state index in [4.69, 9.17) is 0 Å². The molecule has 0 saturated heterocycles. The monoisotopic (exact) mass is 213 g/mol. The SMILES string of the molecule is CCC(c1ccccc1)n1[c]nc(C)c1C. The van der Waals surface area contributed by atoms with Crippen LogP contribution in [0.1, 0.15) is 36.3 Å². The molecule has 0 spiro atoms. The first-order valence-corrected chi connectivity index (χ1v) is 5.72. The van der Waals surface area contributed by atoms with E-state index in [-0.39, 0.29) is 0 Å². The van der Waals surface area contributed by atoms with Crippen LogP contribution in [0.5, 0.6) is 0 Å². The third-order valence-electron chi connectivity index (χ3n) is 3.09. The highest BCUT2D eigenvalue weighted by atomic mass is 15.1. The Labute approximate surface area is 97.0 Å². The molecule has 1 atom stereocenters. The third kappa shape index (κ3) is 1.87. The molecule has 1 aromatic heterocycles. The fourth-order valence-electron chi connectivity index (χ4n) is 2.01. The maximum atomic E-state index is 4.25. The van der Waals surface area contributed by atoms with Gasteiger partial charge in [-0.05, 0) is 25.8 Å². The lowest BCUT2D eigenvalue weighted by Gasteiger charge is -2.18. The van der Waals surface area contributed by atoms with E-state index < -0.39 is 0 Å². The second-order valence-electron chi connectivity index (χ2n) is 4.09. The van der Waals surface area contributed by atoms with Crippen molar-refractivity contribution in [1.29, 1.82) is 0 Å². The van der Waals surface area contributed by atoms with E-state index >= 15 is 0 Å². The fourth-order valence-corrected chi connectivity index (χ4v) is 2.01. The minimum atomic E-state index is 0.349. The molecule has 83 valence electrons. The largest absolute Gasteiger partial charge is 0.318 e. The van der Waals surface area contributed by atoms with Crippen LogP contribution >= 0.6 is 0 Å². The minimum Gasteiger partial charge on any atom is -0.318 e. The zero-order valence-electron chi connectivity index (χ0n) is 10.1. The number of aryl methyl sites for hydroxylation is 1. The molecule has 16 heavy (non-hydrogen) atoms. The first-order valence-electron chi connectivity index (χ1n) is 5.72. The van der Waals surface area contributed by atoms with Crippen LogP contribution in [0.2, 0.25) is 0 Å². The van der Waals surface area contributed by atoms with Crippen molar-refractivity contribution in [1.82, 2.24) is 9.55 Å². The Morgan fingerprint density at radius 3 is 2.44 bits per heavy atom. The Morgan fingerprint density at radius 2 is 1.94 bits per heavy atom. The van der Waals surface area contributed by atoms with Crippen molar-refractivity contribution in [3.63, 3.8) is 0 Å². The maximum Gasteiger partial charge on any atom is 0.177 e. The molecule has 0 aliphatic heterocycles. The molecule has 0 amide bonds. The summed E-state index contributed by atoms with van der Waals surface area (Å²) in [6.45, 7) is 6.32. The molecule has 0 saturated carbocycles. The molecule has 0 aliphatic rings. The first-order chi connectivity index (χ1) is 7.74. The molecule has 0 fully saturated rings. The van der Waals surface area contributed by atoms with Crippen LogP contribution in [0.4, 0.5) is 0 Å². The summed E-state index contributed by atoms with van der Waals surface area (Å²) >= 11 is 0. The number of hydrogen-bond donors (Lipinski definition) is 0. The number of rotatable bonds is 3. The van der Waals surface area contributed by atoms with Crippen molar-refractivity contribution >= 4 is 0 Å². The van der Waals surface area contributed by atoms with Crippen molar-refractivity contribution in [3.05, 3.63) is 53.6 Å². The lowest BCUT2D eigenvalue weighted by molar-refractivity contribution is 0.550. The molecular formula is C14H17N2. The van der Waals surface area contributed by atoms with Gasteiger partial charge in [-0.25, -0.2) is 4.98 Å². The lowest BCUT2D eigenvalue weighted by Crippen LogP contribution is -2.10. The standard InChI is InChI=1S/C14H17N2/c1-4-14(13-8-6-5-7-9-13)16-10-15-11(2)12(16)3/h5-9,14H,4H2,1-3H3. The highest BCUT2D eigenvalue weighted by Crippen LogP contribution is 2.23. The number of aromatic nitrogens is 2. The van der Waals surface area contributed by atoms with E-state index in [1.54, 1.807) is 0 Å². The van der Waals surface area contributed by atoms with Gasteiger partial charge in [-0.2, -0.15) is 0 Å². The van der Waals surface area contributed by atoms with E-state index in [1.807, 2.05) is 13.0 Å². The first kappa shape index (κ1) is 10.9. The normalized spacial score (nSPS) is 12.7. The molecule has 0 N–H and O–H groups in total. The summed E-state index contributed by atoms with van der Waals surface area (Å²) in [6.07, 6.45) is 4.14. The molecule has 1 unspecified atom stereocenters. The maximum absolute atomic E-state index is 4.25. The van der Waals surface area contributed by atoms with Crippen LogP contribution in [-0.4, -0.2) is 9.55 Å². The van der Waals surface area contributed by atoms with Crippen LogP contribution in [-0.2, 0) is 0 Å². The van der Waals surface area contributed by atoms with E-state index in [0.29, 0.717) is 6.04 Å². The predicted molar refractivity (Wildman–Crippen MR) is 65.4 cm³/mol. The second kappa shape index (κ2) is 4.52. The summed E-state index contributed by atoms with van der Waals surface area (Å²) in [5.74, 6) is 0. The molecule has 0 aliphatic carbocycles. The molecular weight excluding hydrogens is 196 g/mol. The van der Waals surface area contributed by atoms with Gasteiger partial charge < -0.3 is 4.57 Å². The van der Waals surface area contributed by atoms with Crippen molar-refractivity contribution in [3.8, 4) is 0 Å². The van der Waals surface area contributed by atoms with Gasteiger partial charge in [0.1, 0.15) is 0 Å². The summed E-state index contributed by atoms with van der Waals surface area (Å²) in [5.41, 5.74) is 3.59. The molecule has 1 heterocycles. The number of benzene rings is 1. The highest BCUT2D eigenvalue weighted by Gasteiger charge is 2.14. The van der Waals surface area contributed by atoms with Gasteiger partial charge >= 0.3 is 0 Å². The Morgan fingerprint density at radius 1 is 1.25 bits per heavy atom. The summed E-state index contributed by atoms with van der Waals surface area (Å²) in [4.78, 5) is 4.25. The van der Waals surface area contributed by atoms with Crippen molar-refractivity contribution in [2.24, 2.45) is 0 Å². The van der Waals surface area contributed by atoms with Gasteiger partial charge in [-0.3, -0.25) is 0 Å². The van der Waals surface area contributed by atoms with Crippen LogP contribution < -0.4 is 0 Å². The second-order valence-corrected chi connectivity index (χ2v) is 4.09. The number of hydrogen-bond acceptors (Lipinski definition) is 1. The van der Waals surface area contributed by atoms with Crippen molar-refractivity contribution in [2.75, 3.05) is 0 Å². The molecule has 1 radical (unpaired) electrons. The zero-order valence-corrected chi connectivity index (χ0v) is 10.1. The topological polar surface area (TPSA) is 17.8 Å². The van der Waals surface area contributed by atoms with Gasteiger partial charge in [0.2, 0.25) is 0 Å². The van der Waals surface area contributed by atoms with E-state index in [2.05, 4.69) is 54.0 Å². The van der Waals surface area contributed by atoms with Crippen LogP contribution in [0.25, 0.3) is 0 Å². The van der Waals surface area contributed by atoms with E-state index in [9.17, 15) is 0 Å². The van der Waals surface area contributed by atoms with Crippen molar-refractivity contribution in [2.45, 2.75) is 33.2 Å². The van der Waals surface area contributed by atoms with Gasteiger partial charge in [0.15, 0.2) is 6.33 Å². The van der Waals surface area contributed by atoms with Gasteiger partial charge in [0.05, 0.1) is 11.7 Å². The van der Waals surface area contributed by atoms with Gasteiger partial charge in [-0.15, -0.1) is 0 Å². The fraction of sp³-hybridized carbons (Fsp3) is 0.357. The Balaban J connectivity index is 2.41. The average Bonchev–Trinajstić information content (AvgIpc) is 2.64. The van der Waals surface area contributed by atoms with Crippen molar-refractivity contribution < 1.29 is 0 Å². The van der Waals surface area contributed by atoms with Crippen LogP contribution in [0, 0.1) is 20.2 Å².